The first-order valence-corrected chi connectivity index (χ1v) is 6.41. The Hall–Kier alpha value is -2.70. The highest BCUT2D eigenvalue weighted by molar-refractivity contribution is 5.47. The molecule has 7 heteroatoms. The van der Waals surface area contributed by atoms with Crippen LogP contribution in [0.2, 0.25) is 0 Å². The maximum Gasteiger partial charge on any atom is 0.272 e. The second-order valence-corrected chi connectivity index (χ2v) is 4.31. The lowest BCUT2D eigenvalue weighted by molar-refractivity contribution is -0.385. The van der Waals surface area contributed by atoms with Gasteiger partial charge in [-0.1, -0.05) is 6.92 Å². The first-order chi connectivity index (χ1) is 10.1. The van der Waals surface area contributed by atoms with Crippen LogP contribution in [0.5, 0.6) is 11.5 Å². The maximum atomic E-state index is 13.7. The fourth-order valence-corrected chi connectivity index (χ4v) is 1.65. The lowest BCUT2D eigenvalue weighted by Gasteiger charge is -2.09. The summed E-state index contributed by atoms with van der Waals surface area (Å²) < 4.78 is 19.1. The molecular formula is C14H14FN3O3. The molecule has 0 fully saturated rings. The zero-order chi connectivity index (χ0) is 15.2. The fraction of sp³-hybridized carbons (Fsp3) is 0.214. The molecule has 0 aliphatic rings. The van der Waals surface area contributed by atoms with Crippen molar-refractivity contribution < 1.29 is 14.1 Å². The Labute approximate surface area is 120 Å². The number of halogens is 1. The van der Waals surface area contributed by atoms with E-state index in [1.165, 1.54) is 18.3 Å². The highest BCUT2D eigenvalue weighted by Gasteiger charge is 2.12. The minimum atomic E-state index is -0.795. The summed E-state index contributed by atoms with van der Waals surface area (Å²) in [7, 11) is 0. The average molecular weight is 291 g/mol. The number of nitro groups is 1. The van der Waals surface area contributed by atoms with Crippen LogP contribution in [0, 0.1) is 15.9 Å². The standard InChI is InChI=1S/C14H14FN3O3/c1-2-5-17-10-6-12(9-16-8-10)21-14-4-3-11(18(19)20)7-13(14)15/h3-4,6-9,17H,2,5H2,1H3. The fourth-order valence-electron chi connectivity index (χ4n) is 1.65. The van der Waals surface area contributed by atoms with Gasteiger partial charge in [-0.15, -0.1) is 0 Å². The van der Waals surface area contributed by atoms with Crippen LogP contribution in [0.15, 0.2) is 36.7 Å². The largest absolute Gasteiger partial charge is 0.453 e. The van der Waals surface area contributed by atoms with Crippen LogP contribution in [0.3, 0.4) is 0 Å². The second kappa shape index (κ2) is 6.65. The van der Waals surface area contributed by atoms with Crippen molar-refractivity contribution in [1.29, 1.82) is 0 Å². The summed E-state index contributed by atoms with van der Waals surface area (Å²) in [6, 6.07) is 4.91. The van der Waals surface area contributed by atoms with Gasteiger partial charge in [0.25, 0.3) is 5.69 Å². The number of pyridine rings is 1. The Morgan fingerprint density at radius 3 is 2.86 bits per heavy atom. The number of benzene rings is 1. The van der Waals surface area contributed by atoms with Crippen molar-refractivity contribution >= 4 is 11.4 Å². The van der Waals surface area contributed by atoms with Gasteiger partial charge in [-0.2, -0.15) is 0 Å². The van der Waals surface area contributed by atoms with Gasteiger partial charge in [-0.05, 0) is 12.5 Å². The van der Waals surface area contributed by atoms with Crippen molar-refractivity contribution in [2.45, 2.75) is 13.3 Å². The molecule has 0 saturated heterocycles. The van der Waals surface area contributed by atoms with E-state index in [2.05, 4.69) is 10.3 Å². The van der Waals surface area contributed by atoms with Crippen LogP contribution in [-0.4, -0.2) is 16.5 Å². The van der Waals surface area contributed by atoms with Crippen LogP contribution in [0.25, 0.3) is 0 Å². The molecule has 1 heterocycles. The minimum Gasteiger partial charge on any atom is -0.453 e. The molecule has 0 unspecified atom stereocenters. The molecule has 0 radical (unpaired) electrons. The lowest BCUT2D eigenvalue weighted by atomic mass is 10.3. The van der Waals surface area contributed by atoms with Gasteiger partial charge in [0.2, 0.25) is 0 Å². The quantitative estimate of drug-likeness (QED) is 0.648. The summed E-state index contributed by atoms with van der Waals surface area (Å²) in [6.45, 7) is 2.82. The number of nitrogens with zero attached hydrogens (tertiary/aromatic N) is 2. The Morgan fingerprint density at radius 1 is 1.38 bits per heavy atom. The number of aromatic nitrogens is 1. The lowest BCUT2D eigenvalue weighted by Crippen LogP contribution is -2.00. The van der Waals surface area contributed by atoms with Crippen molar-refractivity contribution in [3.63, 3.8) is 0 Å². The third-order valence-corrected chi connectivity index (χ3v) is 2.65. The summed E-state index contributed by atoms with van der Waals surface area (Å²) >= 11 is 0. The number of ether oxygens (including phenoxy) is 1. The van der Waals surface area contributed by atoms with E-state index >= 15 is 0 Å². The predicted molar refractivity (Wildman–Crippen MR) is 76.1 cm³/mol. The average Bonchev–Trinajstić information content (AvgIpc) is 2.47. The zero-order valence-corrected chi connectivity index (χ0v) is 11.4. The van der Waals surface area contributed by atoms with Crippen LogP contribution in [0.4, 0.5) is 15.8 Å². The van der Waals surface area contributed by atoms with Gasteiger partial charge in [0, 0.05) is 18.7 Å². The Balaban J connectivity index is 2.16. The molecule has 0 aliphatic heterocycles. The summed E-state index contributed by atoms with van der Waals surface area (Å²) in [4.78, 5) is 13.9. The van der Waals surface area contributed by atoms with E-state index in [9.17, 15) is 14.5 Å². The third kappa shape index (κ3) is 3.88. The molecule has 0 amide bonds. The van der Waals surface area contributed by atoms with Gasteiger partial charge >= 0.3 is 0 Å². The van der Waals surface area contributed by atoms with Gasteiger partial charge in [0.1, 0.15) is 5.75 Å². The minimum absolute atomic E-state index is 0.0879. The molecular weight excluding hydrogens is 277 g/mol. The number of nitro benzene ring substituents is 1. The van der Waals surface area contributed by atoms with Crippen LogP contribution >= 0.6 is 0 Å². The monoisotopic (exact) mass is 291 g/mol. The highest BCUT2D eigenvalue weighted by Crippen LogP contribution is 2.28. The molecule has 1 aromatic heterocycles. The van der Waals surface area contributed by atoms with Crippen molar-refractivity contribution in [2.75, 3.05) is 11.9 Å². The molecule has 1 N–H and O–H groups in total. The van der Waals surface area contributed by atoms with Gasteiger partial charge in [0.05, 0.1) is 29.1 Å². The van der Waals surface area contributed by atoms with Crippen LogP contribution in [-0.2, 0) is 0 Å². The number of nitrogens with one attached hydrogen (secondary N) is 1. The van der Waals surface area contributed by atoms with Gasteiger partial charge in [-0.3, -0.25) is 15.1 Å². The summed E-state index contributed by atoms with van der Waals surface area (Å²) in [5.74, 6) is -0.532. The van der Waals surface area contributed by atoms with Gasteiger partial charge in [-0.25, -0.2) is 4.39 Å². The highest BCUT2D eigenvalue weighted by atomic mass is 19.1. The topological polar surface area (TPSA) is 77.3 Å². The molecule has 0 atom stereocenters. The van der Waals surface area contributed by atoms with Crippen molar-refractivity contribution in [1.82, 2.24) is 4.98 Å². The summed E-state index contributed by atoms with van der Waals surface area (Å²) in [5.41, 5.74) is 0.438. The van der Waals surface area contributed by atoms with E-state index in [0.29, 0.717) is 5.75 Å². The SMILES string of the molecule is CCCNc1cncc(Oc2ccc([N+](=O)[O-])cc2F)c1. The van der Waals surface area contributed by atoms with E-state index in [0.717, 1.165) is 24.7 Å². The molecule has 21 heavy (non-hydrogen) atoms. The van der Waals surface area contributed by atoms with E-state index in [-0.39, 0.29) is 11.4 Å². The second-order valence-electron chi connectivity index (χ2n) is 4.31. The molecule has 0 aliphatic carbocycles. The molecule has 0 saturated carbocycles. The first-order valence-electron chi connectivity index (χ1n) is 6.41. The molecule has 1 aromatic carbocycles. The normalized spacial score (nSPS) is 10.2. The summed E-state index contributed by atoms with van der Waals surface area (Å²) in [6.07, 6.45) is 4.04. The van der Waals surface area contributed by atoms with E-state index in [1.807, 2.05) is 6.92 Å². The predicted octanol–water partition coefficient (Wildman–Crippen LogP) is 3.74. The Kier molecular flexibility index (Phi) is 4.65. The van der Waals surface area contributed by atoms with Crippen molar-refractivity contribution in [3.05, 3.63) is 52.6 Å². The smallest absolute Gasteiger partial charge is 0.272 e. The first kappa shape index (κ1) is 14.7. The number of hydrogen-bond acceptors (Lipinski definition) is 5. The third-order valence-electron chi connectivity index (χ3n) is 2.65. The molecule has 2 aromatic rings. The Morgan fingerprint density at radius 2 is 2.19 bits per heavy atom. The number of non-ortho nitro benzene ring substituents is 1. The molecule has 2 rings (SSSR count). The zero-order valence-electron chi connectivity index (χ0n) is 11.4. The van der Waals surface area contributed by atoms with Crippen LogP contribution < -0.4 is 10.1 Å². The molecule has 110 valence electrons. The number of hydrogen-bond donors (Lipinski definition) is 1. The van der Waals surface area contributed by atoms with Gasteiger partial charge < -0.3 is 10.1 Å². The van der Waals surface area contributed by atoms with Crippen LogP contribution in [0.1, 0.15) is 13.3 Å². The number of anilines is 1. The molecule has 0 bridgehead atoms. The van der Waals surface area contributed by atoms with Crippen molar-refractivity contribution in [3.8, 4) is 11.5 Å². The molecule has 0 spiro atoms. The number of rotatable bonds is 6. The van der Waals surface area contributed by atoms with Crippen molar-refractivity contribution in [2.24, 2.45) is 0 Å². The van der Waals surface area contributed by atoms with E-state index in [4.69, 9.17) is 4.74 Å². The van der Waals surface area contributed by atoms with E-state index < -0.39 is 10.7 Å². The maximum absolute atomic E-state index is 13.7. The van der Waals surface area contributed by atoms with Gasteiger partial charge in [0.15, 0.2) is 11.6 Å². The Bertz CT molecular complexity index is 649. The van der Waals surface area contributed by atoms with E-state index in [1.54, 1.807) is 12.3 Å². The molecule has 6 nitrogen and oxygen atoms in total. The summed E-state index contributed by atoms with van der Waals surface area (Å²) in [5, 5.41) is 13.7.